The van der Waals surface area contributed by atoms with Crippen LogP contribution in [0.1, 0.15) is 51.0 Å². The third-order valence-electron chi connectivity index (χ3n) is 10.8. The van der Waals surface area contributed by atoms with Crippen LogP contribution in [0.15, 0.2) is 53.4 Å². The highest BCUT2D eigenvalue weighted by atomic mass is 32.2. The lowest BCUT2D eigenvalue weighted by molar-refractivity contribution is -0.135. The van der Waals surface area contributed by atoms with Crippen LogP contribution in [0.5, 0.6) is 0 Å². The monoisotopic (exact) mass is 696 g/mol. The number of carbonyl (C=O) groups is 1. The van der Waals surface area contributed by atoms with Gasteiger partial charge in [0.25, 0.3) is 0 Å². The molecule has 2 aromatic carbocycles. The van der Waals surface area contributed by atoms with E-state index in [0.717, 1.165) is 59.4 Å². The topological polar surface area (TPSA) is 139 Å². The second-order valence-electron chi connectivity index (χ2n) is 14.8. The number of benzene rings is 2. The minimum absolute atomic E-state index is 0.0795. The van der Waals surface area contributed by atoms with Gasteiger partial charge in [-0.1, -0.05) is 48.6 Å². The molecule has 5 unspecified atom stereocenters. The average molecular weight is 697 g/mol. The van der Waals surface area contributed by atoms with Gasteiger partial charge in [-0.2, -0.15) is 4.31 Å². The molecule has 7 atom stereocenters. The molecular formula is C35H44N4O7S2. The van der Waals surface area contributed by atoms with E-state index in [1.54, 1.807) is 18.2 Å². The summed E-state index contributed by atoms with van der Waals surface area (Å²) in [5.74, 6) is 0.385. The standard InChI is InChI=1S/C35H44N4O7S2/c1-35(13-14-35)20-39(48(42,43)24-10-12-27-30(16-24)47-33(37-27)36-23-8-9-23)17-29(40)28(15-21-5-3-2-4-6-21)38-34(41)46-31-22-7-11-25-26(31)19-45-32(25)44-18-22/h2-6,10,12,16,22-23,25-26,28-29,31-32,40H,7-9,11,13-15,17-20H2,1H3,(H,36,37)(H,38,41)/t22?,25?,26?,28-,29+,31?,32?/m0/s1. The van der Waals surface area contributed by atoms with Crippen molar-refractivity contribution >= 4 is 42.8 Å². The lowest BCUT2D eigenvalue weighted by Crippen LogP contribution is -2.52. The molecule has 0 radical (unpaired) electrons. The van der Waals surface area contributed by atoms with E-state index >= 15 is 0 Å². The number of ether oxygens (including phenoxy) is 3. The first kappa shape index (κ1) is 32.4. The smallest absolute Gasteiger partial charge is 0.407 e. The Morgan fingerprint density at radius 1 is 1.10 bits per heavy atom. The van der Waals surface area contributed by atoms with E-state index in [-0.39, 0.29) is 53.5 Å². The summed E-state index contributed by atoms with van der Waals surface area (Å²) in [4.78, 5) is 18.4. The Morgan fingerprint density at radius 3 is 2.67 bits per heavy atom. The van der Waals surface area contributed by atoms with E-state index in [0.29, 0.717) is 25.7 Å². The molecule has 48 heavy (non-hydrogen) atoms. The fourth-order valence-corrected chi connectivity index (χ4v) is 10.2. The van der Waals surface area contributed by atoms with Crippen LogP contribution < -0.4 is 10.6 Å². The van der Waals surface area contributed by atoms with Crippen molar-refractivity contribution in [3.8, 4) is 0 Å². The number of fused-ring (bicyclic) bond motifs is 3. The number of aromatic nitrogens is 1. The van der Waals surface area contributed by atoms with E-state index < -0.39 is 28.3 Å². The first-order valence-electron chi connectivity index (χ1n) is 17.2. The van der Waals surface area contributed by atoms with Crippen molar-refractivity contribution in [1.29, 1.82) is 0 Å². The van der Waals surface area contributed by atoms with Gasteiger partial charge in [0.1, 0.15) is 6.10 Å². The Kier molecular flexibility index (Phi) is 8.65. The molecule has 3 aromatic rings. The van der Waals surface area contributed by atoms with Gasteiger partial charge >= 0.3 is 6.09 Å². The van der Waals surface area contributed by atoms with E-state index in [2.05, 4.69) is 22.5 Å². The van der Waals surface area contributed by atoms with Crippen LogP contribution >= 0.6 is 11.3 Å². The zero-order valence-electron chi connectivity index (χ0n) is 27.1. The van der Waals surface area contributed by atoms with Gasteiger partial charge in [0, 0.05) is 36.9 Å². The predicted molar refractivity (Wildman–Crippen MR) is 181 cm³/mol. The lowest BCUT2D eigenvalue weighted by atomic mass is 9.74. The number of nitrogens with one attached hydrogen (secondary N) is 2. The molecule has 0 spiro atoms. The summed E-state index contributed by atoms with van der Waals surface area (Å²) in [5, 5.41) is 19.0. The third kappa shape index (κ3) is 6.82. The number of hydrogen-bond donors (Lipinski definition) is 3. The van der Waals surface area contributed by atoms with Gasteiger partial charge < -0.3 is 30.0 Å². The number of alkyl carbamates (subject to hydrolysis) is 1. The van der Waals surface area contributed by atoms with Gasteiger partial charge in [-0.3, -0.25) is 0 Å². The predicted octanol–water partition coefficient (Wildman–Crippen LogP) is 4.76. The number of amides is 1. The fourth-order valence-electron chi connectivity index (χ4n) is 7.54. The second kappa shape index (κ2) is 12.8. The highest BCUT2D eigenvalue weighted by Crippen LogP contribution is 2.47. The van der Waals surface area contributed by atoms with E-state index in [4.69, 9.17) is 14.2 Å². The summed E-state index contributed by atoms with van der Waals surface area (Å²) in [6.07, 6.45) is 3.89. The Hall–Kier alpha value is -2.81. The van der Waals surface area contributed by atoms with Crippen LogP contribution in [-0.4, -0.2) is 85.8 Å². The van der Waals surface area contributed by atoms with Crippen LogP contribution in [0.3, 0.4) is 0 Å². The van der Waals surface area contributed by atoms with Gasteiger partial charge in [0.15, 0.2) is 11.4 Å². The molecule has 258 valence electrons. The van der Waals surface area contributed by atoms with Crippen LogP contribution in [0.25, 0.3) is 10.2 Å². The molecule has 3 aliphatic heterocycles. The van der Waals surface area contributed by atoms with Crippen LogP contribution in [-0.2, 0) is 30.7 Å². The van der Waals surface area contributed by atoms with Gasteiger partial charge in [-0.05, 0) is 74.1 Å². The fraction of sp³-hybridized carbons (Fsp3) is 0.600. The summed E-state index contributed by atoms with van der Waals surface area (Å²) in [5.41, 5.74) is 1.50. The number of rotatable bonds is 13. The second-order valence-corrected chi connectivity index (χ2v) is 17.7. The number of carbonyl (C=O) groups excluding carboxylic acids is 1. The van der Waals surface area contributed by atoms with Crippen molar-refractivity contribution in [2.75, 3.05) is 31.6 Å². The number of aliphatic hydroxyl groups is 1. The van der Waals surface area contributed by atoms with Crippen molar-refractivity contribution in [1.82, 2.24) is 14.6 Å². The number of sulfonamides is 1. The summed E-state index contributed by atoms with van der Waals surface area (Å²) in [6, 6.07) is 14.3. The normalized spacial score (nSPS) is 28.6. The third-order valence-corrected chi connectivity index (χ3v) is 13.6. The minimum Gasteiger partial charge on any atom is -0.445 e. The molecule has 4 bridgehead atoms. The number of anilines is 1. The van der Waals surface area contributed by atoms with E-state index in [9.17, 15) is 18.3 Å². The molecule has 4 heterocycles. The maximum Gasteiger partial charge on any atom is 0.407 e. The molecule has 1 aromatic heterocycles. The summed E-state index contributed by atoms with van der Waals surface area (Å²) >= 11 is 1.45. The molecule has 3 N–H and O–H groups in total. The van der Waals surface area contributed by atoms with Crippen molar-refractivity contribution in [3.63, 3.8) is 0 Å². The maximum absolute atomic E-state index is 14.3. The molecule has 3 aliphatic carbocycles. The highest BCUT2D eigenvalue weighted by Gasteiger charge is 2.53. The first-order chi connectivity index (χ1) is 23.1. The zero-order chi connectivity index (χ0) is 33.0. The quantitative estimate of drug-likeness (QED) is 0.231. The summed E-state index contributed by atoms with van der Waals surface area (Å²) in [6.45, 7) is 3.16. The Morgan fingerprint density at radius 2 is 1.90 bits per heavy atom. The van der Waals surface area contributed by atoms with Crippen molar-refractivity contribution < 1.29 is 32.5 Å². The molecule has 1 amide bonds. The Balaban J connectivity index is 1.02. The van der Waals surface area contributed by atoms with Gasteiger partial charge in [0.2, 0.25) is 10.0 Å². The van der Waals surface area contributed by atoms with E-state index in [1.165, 1.54) is 15.6 Å². The maximum atomic E-state index is 14.3. The molecule has 6 aliphatic rings. The summed E-state index contributed by atoms with van der Waals surface area (Å²) in [7, 11) is -4.00. The Labute approximate surface area is 285 Å². The minimum atomic E-state index is -4.00. The van der Waals surface area contributed by atoms with Crippen molar-refractivity contribution in [2.24, 2.45) is 23.2 Å². The van der Waals surface area contributed by atoms with E-state index in [1.807, 2.05) is 30.3 Å². The largest absolute Gasteiger partial charge is 0.445 e. The lowest BCUT2D eigenvalue weighted by Gasteiger charge is -2.36. The summed E-state index contributed by atoms with van der Waals surface area (Å²) < 4.78 is 48.7. The van der Waals surface area contributed by atoms with Crippen molar-refractivity contribution in [2.45, 2.75) is 87.3 Å². The van der Waals surface area contributed by atoms with Gasteiger partial charge in [-0.25, -0.2) is 18.2 Å². The Bertz CT molecular complexity index is 1750. The SMILES string of the molecule is CC1(CN(C[C@@H](O)[C@H](Cc2ccccc2)NC(=O)OC2C3CCC4C(OC3)OCC42)S(=O)(=O)c2ccc3nc(NC4CC4)sc3c2)CC1. The number of hydrogen-bond acceptors (Lipinski definition) is 10. The number of thiazole rings is 1. The average Bonchev–Trinajstić information content (AvgIpc) is 3.96. The van der Waals surface area contributed by atoms with Crippen molar-refractivity contribution in [3.05, 3.63) is 54.1 Å². The number of nitrogens with zero attached hydrogens (tertiary/aromatic N) is 2. The van der Waals surface area contributed by atoms with Crippen LogP contribution in [0, 0.1) is 23.2 Å². The number of aliphatic hydroxyl groups excluding tert-OH is 1. The molecule has 6 fully saturated rings. The molecular weight excluding hydrogens is 653 g/mol. The molecule has 11 nitrogen and oxygen atoms in total. The molecule has 3 saturated carbocycles. The van der Waals surface area contributed by atoms with Crippen LogP contribution in [0.2, 0.25) is 0 Å². The molecule has 9 rings (SSSR count). The first-order valence-corrected chi connectivity index (χ1v) is 19.5. The van der Waals surface area contributed by atoms with Gasteiger partial charge in [-0.15, -0.1) is 0 Å². The van der Waals surface area contributed by atoms with Crippen LogP contribution in [0.4, 0.5) is 9.93 Å². The van der Waals surface area contributed by atoms with Gasteiger partial charge in [0.05, 0.1) is 40.5 Å². The zero-order valence-corrected chi connectivity index (χ0v) is 28.8. The highest BCUT2D eigenvalue weighted by molar-refractivity contribution is 7.89. The molecule has 13 heteroatoms. The molecule has 3 saturated heterocycles.